The highest BCUT2D eigenvalue weighted by Gasteiger charge is 2.59. The second-order valence-electron chi connectivity index (χ2n) is 9.62. The third-order valence-corrected chi connectivity index (χ3v) is 7.27. The minimum Gasteiger partial charge on any atom is -0.501 e. The number of benzene rings is 1. The van der Waals surface area contributed by atoms with E-state index in [1.807, 2.05) is 18.2 Å². The van der Waals surface area contributed by atoms with Crippen LogP contribution >= 0.6 is 0 Å². The minimum absolute atomic E-state index is 0.0352. The molecule has 0 aromatic heterocycles. The van der Waals surface area contributed by atoms with Crippen molar-refractivity contribution in [2.75, 3.05) is 14.2 Å². The van der Waals surface area contributed by atoms with Crippen LogP contribution in [0.25, 0.3) is 0 Å². The van der Waals surface area contributed by atoms with Crippen LogP contribution in [0.3, 0.4) is 0 Å². The number of rotatable bonds is 7. The standard InChI is InChI=1S/C26H36O4/c1-18(2)24(29-17-19-10-7-6-8-11-19)26(28-5)16-20-13-15-25(3)14-9-12-21(27-4)22(25)23(20)30-26/h6-8,10-13,15,18,20,22-24H,9,14,16-17H2,1-5H3/t20-,22-,23+,24-,25+,26-/m1/s1. The molecule has 0 N–H and O–H groups in total. The Morgan fingerprint density at radius 1 is 1.17 bits per heavy atom. The smallest absolute Gasteiger partial charge is 0.195 e. The molecule has 4 heteroatoms. The molecule has 1 fully saturated rings. The molecule has 3 aliphatic rings. The zero-order chi connectivity index (χ0) is 21.4. The zero-order valence-corrected chi connectivity index (χ0v) is 19.0. The lowest BCUT2D eigenvalue weighted by Crippen LogP contribution is -2.50. The van der Waals surface area contributed by atoms with Crippen LogP contribution in [0.1, 0.15) is 45.6 Å². The Kier molecular flexibility index (Phi) is 6.11. The first-order valence-electron chi connectivity index (χ1n) is 11.2. The van der Waals surface area contributed by atoms with Crippen LogP contribution in [-0.2, 0) is 25.6 Å². The van der Waals surface area contributed by atoms with Crippen LogP contribution in [0.4, 0.5) is 0 Å². The van der Waals surface area contributed by atoms with Crippen molar-refractivity contribution in [2.24, 2.45) is 23.2 Å². The van der Waals surface area contributed by atoms with E-state index in [-0.39, 0.29) is 29.5 Å². The molecule has 4 nitrogen and oxygen atoms in total. The Morgan fingerprint density at radius 2 is 1.93 bits per heavy atom. The number of hydrogen-bond acceptors (Lipinski definition) is 4. The first-order valence-corrected chi connectivity index (χ1v) is 11.2. The first-order chi connectivity index (χ1) is 14.4. The molecule has 0 unspecified atom stereocenters. The van der Waals surface area contributed by atoms with Gasteiger partial charge in [0.2, 0.25) is 0 Å². The highest BCUT2D eigenvalue weighted by Crippen LogP contribution is 2.56. The summed E-state index contributed by atoms with van der Waals surface area (Å²) in [5.41, 5.74) is 1.22. The van der Waals surface area contributed by atoms with Crippen molar-refractivity contribution in [2.45, 2.75) is 64.6 Å². The van der Waals surface area contributed by atoms with Crippen molar-refractivity contribution in [3.05, 3.63) is 59.9 Å². The van der Waals surface area contributed by atoms with E-state index in [0.717, 1.165) is 30.6 Å². The zero-order valence-electron chi connectivity index (χ0n) is 19.0. The number of ether oxygens (including phenoxy) is 4. The maximum absolute atomic E-state index is 6.86. The molecular formula is C26H36O4. The fraction of sp³-hybridized carbons (Fsp3) is 0.615. The first kappa shape index (κ1) is 21.6. The summed E-state index contributed by atoms with van der Waals surface area (Å²) >= 11 is 0. The largest absolute Gasteiger partial charge is 0.501 e. The van der Waals surface area contributed by atoms with E-state index < -0.39 is 5.79 Å². The van der Waals surface area contributed by atoms with Gasteiger partial charge in [0.15, 0.2) is 5.79 Å². The summed E-state index contributed by atoms with van der Waals surface area (Å²) in [5, 5.41) is 0. The van der Waals surface area contributed by atoms with Crippen molar-refractivity contribution < 1.29 is 18.9 Å². The number of allylic oxidation sites excluding steroid dienone is 2. The molecule has 2 aliphatic carbocycles. The van der Waals surface area contributed by atoms with Crippen LogP contribution in [-0.4, -0.2) is 32.2 Å². The molecule has 1 aromatic carbocycles. The Labute approximate surface area is 181 Å². The van der Waals surface area contributed by atoms with Crippen molar-refractivity contribution in [3.8, 4) is 0 Å². The van der Waals surface area contributed by atoms with E-state index in [1.54, 1.807) is 14.2 Å². The molecule has 0 spiro atoms. The molecule has 1 aromatic rings. The highest BCUT2D eigenvalue weighted by molar-refractivity contribution is 5.25. The maximum Gasteiger partial charge on any atom is 0.195 e. The second-order valence-corrected chi connectivity index (χ2v) is 9.62. The minimum atomic E-state index is -0.760. The van der Waals surface area contributed by atoms with Gasteiger partial charge < -0.3 is 18.9 Å². The lowest BCUT2D eigenvalue weighted by molar-refractivity contribution is -0.289. The molecule has 0 bridgehead atoms. The van der Waals surface area contributed by atoms with Gasteiger partial charge in [-0.05, 0) is 35.8 Å². The molecule has 6 atom stereocenters. The van der Waals surface area contributed by atoms with Crippen LogP contribution in [0.2, 0.25) is 0 Å². The fourth-order valence-corrected chi connectivity index (χ4v) is 5.73. The Balaban J connectivity index is 1.60. The molecule has 1 aliphatic heterocycles. The van der Waals surface area contributed by atoms with Crippen molar-refractivity contribution in [1.82, 2.24) is 0 Å². The average molecular weight is 413 g/mol. The Morgan fingerprint density at radius 3 is 2.60 bits per heavy atom. The summed E-state index contributed by atoms with van der Waals surface area (Å²) in [6.07, 6.45) is 9.83. The highest BCUT2D eigenvalue weighted by atomic mass is 16.7. The van der Waals surface area contributed by atoms with Gasteiger partial charge in [-0.1, -0.05) is 63.3 Å². The van der Waals surface area contributed by atoms with Crippen LogP contribution in [0.5, 0.6) is 0 Å². The predicted molar refractivity (Wildman–Crippen MR) is 118 cm³/mol. The van der Waals surface area contributed by atoms with Gasteiger partial charge in [-0.3, -0.25) is 0 Å². The van der Waals surface area contributed by atoms with Crippen LogP contribution in [0.15, 0.2) is 54.3 Å². The topological polar surface area (TPSA) is 36.9 Å². The monoisotopic (exact) mass is 412 g/mol. The van der Waals surface area contributed by atoms with Gasteiger partial charge >= 0.3 is 0 Å². The molecule has 30 heavy (non-hydrogen) atoms. The Bertz CT molecular complexity index is 785. The Hall–Kier alpha value is -1.62. The van der Waals surface area contributed by atoms with Crippen LogP contribution < -0.4 is 0 Å². The van der Waals surface area contributed by atoms with E-state index in [9.17, 15) is 0 Å². The summed E-state index contributed by atoms with van der Waals surface area (Å²) in [5.74, 6) is 1.06. The molecule has 1 saturated heterocycles. The molecule has 1 heterocycles. The van der Waals surface area contributed by atoms with Crippen molar-refractivity contribution in [3.63, 3.8) is 0 Å². The lowest BCUT2D eigenvalue weighted by atomic mass is 9.62. The molecule has 0 radical (unpaired) electrons. The molecule has 0 saturated carbocycles. The molecular weight excluding hydrogens is 376 g/mol. The van der Waals surface area contributed by atoms with E-state index >= 15 is 0 Å². The van der Waals surface area contributed by atoms with Crippen molar-refractivity contribution >= 4 is 0 Å². The van der Waals surface area contributed by atoms with Gasteiger partial charge in [0.05, 0.1) is 31.5 Å². The molecule has 4 rings (SSSR count). The number of hydrogen-bond donors (Lipinski definition) is 0. The fourth-order valence-electron chi connectivity index (χ4n) is 5.73. The van der Waals surface area contributed by atoms with Gasteiger partial charge in [0.25, 0.3) is 0 Å². The number of fused-ring (bicyclic) bond motifs is 3. The average Bonchev–Trinajstić information content (AvgIpc) is 3.13. The summed E-state index contributed by atoms with van der Waals surface area (Å²) in [7, 11) is 3.54. The molecule has 0 amide bonds. The third-order valence-electron chi connectivity index (χ3n) is 7.27. The van der Waals surface area contributed by atoms with E-state index in [0.29, 0.717) is 12.5 Å². The molecule has 164 valence electrons. The normalized spacial score (nSPS) is 36.2. The summed E-state index contributed by atoms with van der Waals surface area (Å²) < 4.78 is 25.3. The quantitative estimate of drug-likeness (QED) is 0.555. The summed E-state index contributed by atoms with van der Waals surface area (Å²) in [6.45, 7) is 7.25. The van der Waals surface area contributed by atoms with E-state index in [1.165, 1.54) is 0 Å². The van der Waals surface area contributed by atoms with Crippen LogP contribution in [0, 0.1) is 23.2 Å². The summed E-state index contributed by atoms with van der Waals surface area (Å²) in [4.78, 5) is 0. The SMILES string of the molecule is COC1=CCC[C@@]2(C)C=C[C@@H]3C[C@](OC)([C@H](OCc4ccccc4)C(C)C)O[C@@H]3[C@@H]12. The van der Waals surface area contributed by atoms with Gasteiger partial charge in [0, 0.05) is 19.4 Å². The predicted octanol–water partition coefficient (Wildman–Crippen LogP) is 5.49. The second kappa shape index (κ2) is 8.49. The lowest BCUT2D eigenvalue weighted by Gasteiger charge is -2.46. The van der Waals surface area contributed by atoms with Gasteiger partial charge in [-0.2, -0.15) is 0 Å². The summed E-state index contributed by atoms with van der Waals surface area (Å²) in [6, 6.07) is 10.3. The van der Waals surface area contributed by atoms with Crippen molar-refractivity contribution in [1.29, 1.82) is 0 Å². The van der Waals surface area contributed by atoms with E-state index in [4.69, 9.17) is 18.9 Å². The van der Waals surface area contributed by atoms with Gasteiger partial charge in [-0.25, -0.2) is 0 Å². The van der Waals surface area contributed by atoms with E-state index in [2.05, 4.69) is 51.1 Å². The third kappa shape index (κ3) is 3.74. The maximum atomic E-state index is 6.86. The number of methoxy groups -OCH3 is 2. The van der Waals surface area contributed by atoms with Gasteiger partial charge in [-0.15, -0.1) is 0 Å². The van der Waals surface area contributed by atoms with Gasteiger partial charge in [0.1, 0.15) is 6.10 Å².